The SMILES string of the molecule is CCOc1ccc(C2=C(Nc3ccc(Cl)cc3C)C(=O)N(Cc3ccc(F)cc3)C2=O)cc1. The minimum Gasteiger partial charge on any atom is -0.494 e. The number of nitrogens with zero attached hydrogens (tertiary/aromatic N) is 1. The summed E-state index contributed by atoms with van der Waals surface area (Å²) >= 11 is 6.07. The summed E-state index contributed by atoms with van der Waals surface area (Å²) in [5.74, 6) is -0.596. The van der Waals surface area contributed by atoms with Crippen molar-refractivity contribution in [2.24, 2.45) is 0 Å². The first kappa shape index (κ1) is 22.6. The summed E-state index contributed by atoms with van der Waals surface area (Å²) in [5.41, 5.74) is 3.18. The molecule has 0 aliphatic carbocycles. The van der Waals surface area contributed by atoms with Crippen molar-refractivity contribution in [3.8, 4) is 5.75 Å². The second-order valence-corrected chi connectivity index (χ2v) is 8.05. The third-order valence-corrected chi connectivity index (χ3v) is 5.56. The molecular weight excluding hydrogens is 443 g/mol. The molecule has 2 amide bonds. The smallest absolute Gasteiger partial charge is 0.278 e. The van der Waals surface area contributed by atoms with Crippen molar-refractivity contribution in [3.63, 3.8) is 0 Å². The highest BCUT2D eigenvalue weighted by Crippen LogP contribution is 2.33. The highest BCUT2D eigenvalue weighted by atomic mass is 35.5. The molecule has 33 heavy (non-hydrogen) atoms. The average molecular weight is 465 g/mol. The molecule has 5 nitrogen and oxygen atoms in total. The molecule has 0 saturated heterocycles. The van der Waals surface area contributed by atoms with Crippen molar-refractivity contribution >= 4 is 34.7 Å². The molecule has 168 valence electrons. The number of rotatable bonds is 7. The number of ether oxygens (including phenoxy) is 1. The van der Waals surface area contributed by atoms with Crippen LogP contribution >= 0.6 is 11.6 Å². The van der Waals surface area contributed by atoms with Crippen molar-refractivity contribution in [2.75, 3.05) is 11.9 Å². The van der Waals surface area contributed by atoms with Gasteiger partial charge in [-0.15, -0.1) is 0 Å². The van der Waals surface area contributed by atoms with Gasteiger partial charge in [0.25, 0.3) is 11.8 Å². The Morgan fingerprint density at radius 3 is 2.30 bits per heavy atom. The van der Waals surface area contributed by atoms with Crippen LogP contribution in [0, 0.1) is 12.7 Å². The van der Waals surface area contributed by atoms with E-state index in [0.29, 0.717) is 34.2 Å². The van der Waals surface area contributed by atoms with Gasteiger partial charge in [0.05, 0.1) is 18.7 Å². The zero-order valence-corrected chi connectivity index (χ0v) is 18.9. The molecule has 0 unspecified atom stereocenters. The Morgan fingerprint density at radius 1 is 0.970 bits per heavy atom. The van der Waals surface area contributed by atoms with Gasteiger partial charge in [-0.05, 0) is 73.0 Å². The lowest BCUT2D eigenvalue weighted by Crippen LogP contribution is -2.32. The number of hydrogen-bond donors (Lipinski definition) is 1. The van der Waals surface area contributed by atoms with Crippen LogP contribution in [-0.4, -0.2) is 23.3 Å². The van der Waals surface area contributed by atoms with Gasteiger partial charge in [0.2, 0.25) is 0 Å². The first-order valence-electron chi connectivity index (χ1n) is 10.5. The standard InChI is InChI=1S/C26H22ClFN2O3/c1-3-33-21-11-6-18(7-12-21)23-24(29-22-13-8-19(27)14-16(22)2)26(32)30(25(23)31)15-17-4-9-20(28)10-5-17/h4-14,29H,3,15H2,1-2H3. The quantitative estimate of drug-likeness (QED) is 0.464. The zero-order chi connectivity index (χ0) is 23.5. The summed E-state index contributed by atoms with van der Waals surface area (Å²) in [7, 11) is 0. The van der Waals surface area contributed by atoms with Gasteiger partial charge in [-0.1, -0.05) is 35.9 Å². The lowest BCUT2D eigenvalue weighted by Gasteiger charge is -2.16. The number of nitrogens with one attached hydrogen (secondary N) is 1. The first-order chi connectivity index (χ1) is 15.9. The number of imide groups is 1. The molecule has 1 aliphatic rings. The van der Waals surface area contributed by atoms with Gasteiger partial charge < -0.3 is 10.1 Å². The maximum Gasteiger partial charge on any atom is 0.278 e. The molecule has 3 aromatic rings. The molecule has 7 heteroatoms. The van der Waals surface area contributed by atoms with Crippen LogP contribution in [0.2, 0.25) is 5.02 Å². The van der Waals surface area contributed by atoms with Crippen LogP contribution in [-0.2, 0) is 16.1 Å². The molecule has 4 rings (SSSR count). The van der Waals surface area contributed by atoms with Crippen LogP contribution in [0.15, 0.2) is 72.4 Å². The molecule has 0 fully saturated rings. The average Bonchev–Trinajstić information content (AvgIpc) is 3.02. The van der Waals surface area contributed by atoms with Gasteiger partial charge in [-0.3, -0.25) is 14.5 Å². The van der Waals surface area contributed by atoms with E-state index in [-0.39, 0.29) is 23.6 Å². The van der Waals surface area contributed by atoms with Gasteiger partial charge in [0.15, 0.2) is 0 Å². The molecule has 0 atom stereocenters. The van der Waals surface area contributed by atoms with Crippen LogP contribution in [0.3, 0.4) is 0 Å². The molecule has 1 N–H and O–H groups in total. The Hall–Kier alpha value is -3.64. The first-order valence-corrected chi connectivity index (χ1v) is 10.9. The summed E-state index contributed by atoms with van der Waals surface area (Å²) < 4.78 is 18.8. The van der Waals surface area contributed by atoms with Crippen LogP contribution in [0.4, 0.5) is 10.1 Å². The van der Waals surface area contributed by atoms with E-state index in [9.17, 15) is 14.0 Å². The highest BCUT2D eigenvalue weighted by Gasteiger charge is 2.39. The van der Waals surface area contributed by atoms with Gasteiger partial charge in [0.1, 0.15) is 17.3 Å². The largest absolute Gasteiger partial charge is 0.494 e. The number of aryl methyl sites for hydroxylation is 1. The third kappa shape index (κ3) is 4.76. The molecular formula is C26H22ClFN2O3. The number of carbonyl (C=O) groups excluding carboxylic acids is 2. The molecule has 1 heterocycles. The van der Waals surface area contributed by atoms with Crippen LogP contribution < -0.4 is 10.1 Å². The number of anilines is 1. The molecule has 1 aliphatic heterocycles. The maximum absolute atomic E-state index is 13.4. The van der Waals surface area contributed by atoms with Crippen molar-refractivity contribution in [3.05, 3.63) is 100.0 Å². The molecule has 3 aromatic carbocycles. The summed E-state index contributed by atoms with van der Waals surface area (Å²) in [6, 6.07) is 18.0. The van der Waals surface area contributed by atoms with Gasteiger partial charge in [-0.2, -0.15) is 0 Å². The fraction of sp³-hybridized carbons (Fsp3) is 0.154. The lowest BCUT2D eigenvalue weighted by atomic mass is 10.0. The molecule has 0 aromatic heterocycles. The van der Waals surface area contributed by atoms with Gasteiger partial charge in [0, 0.05) is 10.7 Å². The van der Waals surface area contributed by atoms with Crippen molar-refractivity contribution in [1.29, 1.82) is 0 Å². The summed E-state index contributed by atoms with van der Waals surface area (Å²) in [6.07, 6.45) is 0. The van der Waals surface area contributed by atoms with E-state index in [1.807, 2.05) is 13.8 Å². The Morgan fingerprint density at radius 2 is 1.67 bits per heavy atom. The van der Waals surface area contributed by atoms with E-state index in [1.165, 1.54) is 12.1 Å². The fourth-order valence-corrected chi connectivity index (χ4v) is 3.89. The van der Waals surface area contributed by atoms with E-state index >= 15 is 0 Å². The van der Waals surface area contributed by atoms with Gasteiger partial charge >= 0.3 is 0 Å². The Bertz CT molecular complexity index is 1240. The van der Waals surface area contributed by atoms with E-state index < -0.39 is 11.8 Å². The van der Waals surface area contributed by atoms with Crippen molar-refractivity contribution in [2.45, 2.75) is 20.4 Å². The van der Waals surface area contributed by atoms with Crippen LogP contribution in [0.1, 0.15) is 23.6 Å². The monoisotopic (exact) mass is 464 g/mol. The molecule has 0 radical (unpaired) electrons. The van der Waals surface area contributed by atoms with Crippen LogP contribution in [0.5, 0.6) is 5.75 Å². The van der Waals surface area contributed by atoms with Crippen molar-refractivity contribution in [1.82, 2.24) is 4.90 Å². The summed E-state index contributed by atoms with van der Waals surface area (Å²) in [6.45, 7) is 4.30. The molecule has 0 bridgehead atoms. The normalized spacial score (nSPS) is 13.6. The number of hydrogen-bond acceptors (Lipinski definition) is 4. The van der Waals surface area contributed by atoms with E-state index in [0.717, 1.165) is 10.5 Å². The second-order valence-electron chi connectivity index (χ2n) is 7.61. The molecule has 0 saturated carbocycles. The Kier molecular flexibility index (Phi) is 6.47. The predicted molar refractivity (Wildman–Crippen MR) is 126 cm³/mol. The second kappa shape index (κ2) is 9.46. The van der Waals surface area contributed by atoms with E-state index in [1.54, 1.807) is 54.6 Å². The molecule has 0 spiro atoms. The summed E-state index contributed by atoms with van der Waals surface area (Å²) in [4.78, 5) is 28.0. The topological polar surface area (TPSA) is 58.6 Å². The lowest BCUT2D eigenvalue weighted by molar-refractivity contribution is -0.137. The van der Waals surface area contributed by atoms with E-state index in [2.05, 4.69) is 5.32 Å². The number of halogens is 2. The fourth-order valence-electron chi connectivity index (χ4n) is 3.66. The zero-order valence-electron chi connectivity index (χ0n) is 18.2. The number of carbonyl (C=O) groups is 2. The predicted octanol–water partition coefficient (Wildman–Crippen LogP) is 5.58. The highest BCUT2D eigenvalue weighted by molar-refractivity contribution is 6.36. The summed E-state index contributed by atoms with van der Waals surface area (Å²) in [5, 5.41) is 3.72. The minimum absolute atomic E-state index is 0.0310. The number of benzene rings is 3. The minimum atomic E-state index is -0.456. The third-order valence-electron chi connectivity index (χ3n) is 5.32. The maximum atomic E-state index is 13.4. The van der Waals surface area contributed by atoms with E-state index in [4.69, 9.17) is 16.3 Å². The van der Waals surface area contributed by atoms with Crippen LogP contribution in [0.25, 0.3) is 5.57 Å². The van der Waals surface area contributed by atoms with Gasteiger partial charge in [-0.25, -0.2) is 4.39 Å². The Balaban J connectivity index is 1.73. The number of amides is 2. The Labute approximate surface area is 196 Å². The van der Waals surface area contributed by atoms with Crippen molar-refractivity contribution < 1.29 is 18.7 Å².